The lowest BCUT2D eigenvalue weighted by atomic mass is 9.80. The zero-order valence-electron chi connectivity index (χ0n) is 20.5. The Labute approximate surface area is 201 Å². The van der Waals surface area contributed by atoms with E-state index >= 15 is 0 Å². The van der Waals surface area contributed by atoms with Crippen LogP contribution in [0, 0.1) is 23.6 Å². The van der Waals surface area contributed by atoms with E-state index in [1.165, 1.54) is 18.7 Å². The number of halogens is 1. The average Bonchev–Trinajstić information content (AvgIpc) is 2.84. The summed E-state index contributed by atoms with van der Waals surface area (Å²) in [4.78, 5) is 31.3. The first-order valence-corrected chi connectivity index (χ1v) is 12.6. The Morgan fingerprint density at radius 3 is 2.68 bits per heavy atom. The second-order valence-electron chi connectivity index (χ2n) is 10.1. The number of nitrogens with zero attached hydrogens (tertiary/aromatic N) is 2. The van der Waals surface area contributed by atoms with Crippen molar-refractivity contribution in [3.63, 3.8) is 0 Å². The monoisotopic (exact) mass is 469 g/mol. The van der Waals surface area contributed by atoms with Gasteiger partial charge in [-0.2, -0.15) is 0 Å². The third-order valence-electron chi connectivity index (χ3n) is 7.54. The molecule has 1 fully saturated rings. The van der Waals surface area contributed by atoms with Gasteiger partial charge in [-0.25, -0.2) is 9.37 Å². The second kappa shape index (κ2) is 10.8. The van der Waals surface area contributed by atoms with E-state index < -0.39 is 5.82 Å². The smallest absolute Gasteiger partial charge is 0.308 e. The number of piperidine rings is 1. The van der Waals surface area contributed by atoms with E-state index in [2.05, 4.69) is 29.0 Å². The quantitative estimate of drug-likeness (QED) is 0.488. The summed E-state index contributed by atoms with van der Waals surface area (Å²) >= 11 is 0. The van der Waals surface area contributed by atoms with E-state index in [-0.39, 0.29) is 17.8 Å². The molecule has 1 saturated heterocycles. The number of likely N-dealkylation sites (tertiary alicyclic amines) is 1. The zero-order chi connectivity index (χ0) is 24.2. The van der Waals surface area contributed by atoms with Gasteiger partial charge in [0.1, 0.15) is 11.3 Å². The summed E-state index contributed by atoms with van der Waals surface area (Å²) < 4.78 is 19.7. The molecule has 1 aromatic carbocycles. The molecular formula is C27H36FN3O3. The molecule has 2 heterocycles. The molecule has 7 heteroatoms. The van der Waals surface area contributed by atoms with Gasteiger partial charge in [0.05, 0.1) is 13.0 Å². The number of aryl methyl sites for hydroxylation is 1. The van der Waals surface area contributed by atoms with E-state index in [1.807, 2.05) is 6.07 Å². The van der Waals surface area contributed by atoms with Gasteiger partial charge >= 0.3 is 5.97 Å². The number of hydrogen-bond donors (Lipinski definition) is 1. The molecule has 1 amide bonds. The summed E-state index contributed by atoms with van der Waals surface area (Å²) in [7, 11) is 1.44. The molecule has 4 rings (SSSR count). The first-order chi connectivity index (χ1) is 16.4. The van der Waals surface area contributed by atoms with Crippen LogP contribution in [0.3, 0.4) is 0 Å². The van der Waals surface area contributed by atoms with E-state index in [9.17, 15) is 14.0 Å². The van der Waals surface area contributed by atoms with Crippen LogP contribution in [-0.4, -0.2) is 55.0 Å². The maximum Gasteiger partial charge on any atom is 0.308 e. The topological polar surface area (TPSA) is 71.5 Å². The number of carbonyl (C=O) groups excluding carboxylic acids is 2. The third-order valence-corrected chi connectivity index (χ3v) is 7.54. The standard InChI is InChI=1S/C27H36FN3O3/c1-17(2)19-5-6-24-20(13-19)14-21-15-22(16-23(28)25(21)30-24)26(32)29-9-4-10-31-11-7-18(8-12-31)27(33)34-3/h14-19H,4-13H2,1-3H3,(H,29,32). The molecule has 0 radical (unpaired) electrons. The summed E-state index contributed by atoms with van der Waals surface area (Å²) in [6.07, 6.45) is 5.36. The Kier molecular flexibility index (Phi) is 7.81. The van der Waals surface area contributed by atoms with Gasteiger partial charge in [0.2, 0.25) is 0 Å². The average molecular weight is 470 g/mol. The van der Waals surface area contributed by atoms with Crippen LogP contribution in [0.4, 0.5) is 4.39 Å². The van der Waals surface area contributed by atoms with Gasteiger partial charge in [-0.3, -0.25) is 9.59 Å². The van der Waals surface area contributed by atoms with Crippen LogP contribution in [0.5, 0.6) is 0 Å². The molecule has 184 valence electrons. The number of fused-ring (bicyclic) bond motifs is 2. The first-order valence-electron chi connectivity index (χ1n) is 12.6. The Bertz CT molecular complexity index is 1050. The number of nitrogens with one attached hydrogen (secondary N) is 1. The summed E-state index contributed by atoms with van der Waals surface area (Å²) in [6.45, 7) is 7.59. The van der Waals surface area contributed by atoms with E-state index in [0.717, 1.165) is 63.9 Å². The molecule has 2 aromatic rings. The van der Waals surface area contributed by atoms with Crippen molar-refractivity contribution in [1.82, 2.24) is 15.2 Å². The SMILES string of the molecule is COC(=O)C1CCN(CCCNC(=O)c2cc(F)c3nc4c(cc3c2)CC(C(C)C)CC4)CC1. The van der Waals surface area contributed by atoms with Crippen LogP contribution in [-0.2, 0) is 22.4 Å². The largest absolute Gasteiger partial charge is 0.469 e. The molecule has 1 N–H and O–H groups in total. The fraction of sp³-hybridized carbons (Fsp3) is 0.593. The van der Waals surface area contributed by atoms with Crippen LogP contribution in [0.25, 0.3) is 10.9 Å². The van der Waals surface area contributed by atoms with Crippen LogP contribution < -0.4 is 5.32 Å². The van der Waals surface area contributed by atoms with Crippen molar-refractivity contribution in [2.24, 2.45) is 17.8 Å². The lowest BCUT2D eigenvalue weighted by molar-refractivity contribution is -0.147. The van der Waals surface area contributed by atoms with E-state index in [0.29, 0.717) is 34.8 Å². The van der Waals surface area contributed by atoms with Crippen LogP contribution in [0.15, 0.2) is 18.2 Å². The van der Waals surface area contributed by atoms with Crippen molar-refractivity contribution in [3.05, 3.63) is 40.8 Å². The maximum atomic E-state index is 14.8. The number of ether oxygens (including phenoxy) is 1. The van der Waals surface area contributed by atoms with Gasteiger partial charge in [0.25, 0.3) is 5.91 Å². The minimum Gasteiger partial charge on any atom is -0.469 e. The number of esters is 1. The fourth-order valence-corrected chi connectivity index (χ4v) is 5.29. The zero-order valence-corrected chi connectivity index (χ0v) is 20.5. The highest BCUT2D eigenvalue weighted by Crippen LogP contribution is 2.32. The Balaban J connectivity index is 1.32. The van der Waals surface area contributed by atoms with Crippen LogP contribution in [0.2, 0.25) is 0 Å². The molecule has 1 atom stereocenters. The predicted molar refractivity (Wildman–Crippen MR) is 130 cm³/mol. The van der Waals surface area contributed by atoms with Crippen LogP contribution >= 0.6 is 0 Å². The summed E-state index contributed by atoms with van der Waals surface area (Å²) in [5.74, 6) is 0.407. The van der Waals surface area contributed by atoms with Gasteiger partial charge in [-0.05, 0) is 93.8 Å². The number of methoxy groups -OCH3 is 1. The Morgan fingerprint density at radius 1 is 1.21 bits per heavy atom. The number of aromatic nitrogens is 1. The highest BCUT2D eigenvalue weighted by atomic mass is 19.1. The molecule has 2 aliphatic rings. The molecule has 0 bridgehead atoms. The summed E-state index contributed by atoms with van der Waals surface area (Å²) in [5.41, 5.74) is 2.87. The first kappa shape index (κ1) is 24.6. The summed E-state index contributed by atoms with van der Waals surface area (Å²) in [6, 6.07) is 5.09. The van der Waals surface area contributed by atoms with Gasteiger partial charge in [0, 0.05) is 23.2 Å². The minimum atomic E-state index is -0.440. The number of hydrogen-bond acceptors (Lipinski definition) is 5. The van der Waals surface area contributed by atoms with Crippen molar-refractivity contribution in [1.29, 1.82) is 0 Å². The molecular weight excluding hydrogens is 433 g/mol. The lowest BCUT2D eigenvalue weighted by Crippen LogP contribution is -2.38. The van der Waals surface area contributed by atoms with E-state index in [1.54, 1.807) is 6.07 Å². The second-order valence-corrected chi connectivity index (χ2v) is 10.1. The molecule has 1 aliphatic heterocycles. The molecule has 0 spiro atoms. The normalized spacial score (nSPS) is 19.3. The van der Waals surface area contributed by atoms with Gasteiger partial charge < -0.3 is 15.0 Å². The van der Waals surface area contributed by atoms with Crippen molar-refractivity contribution in [3.8, 4) is 0 Å². The highest BCUT2D eigenvalue weighted by Gasteiger charge is 2.26. The van der Waals surface area contributed by atoms with Gasteiger partial charge in [-0.15, -0.1) is 0 Å². The fourth-order valence-electron chi connectivity index (χ4n) is 5.29. The number of pyridine rings is 1. The summed E-state index contributed by atoms with van der Waals surface area (Å²) in [5, 5.41) is 3.62. The van der Waals surface area contributed by atoms with Crippen molar-refractivity contribution < 1.29 is 18.7 Å². The van der Waals surface area contributed by atoms with Crippen molar-refractivity contribution >= 4 is 22.8 Å². The Morgan fingerprint density at radius 2 is 1.97 bits per heavy atom. The molecule has 0 saturated carbocycles. The molecule has 1 aromatic heterocycles. The molecule has 1 aliphatic carbocycles. The molecule has 1 unspecified atom stereocenters. The molecule has 34 heavy (non-hydrogen) atoms. The van der Waals surface area contributed by atoms with Gasteiger partial charge in [0.15, 0.2) is 0 Å². The van der Waals surface area contributed by atoms with E-state index in [4.69, 9.17) is 4.74 Å². The number of rotatable bonds is 7. The van der Waals surface area contributed by atoms with Crippen molar-refractivity contribution in [2.45, 2.75) is 52.4 Å². The number of amides is 1. The minimum absolute atomic E-state index is 0.000101. The van der Waals surface area contributed by atoms with Gasteiger partial charge in [-0.1, -0.05) is 13.8 Å². The predicted octanol–water partition coefficient (Wildman–Crippen LogP) is 4.14. The lowest BCUT2D eigenvalue weighted by Gasteiger charge is -2.30. The van der Waals surface area contributed by atoms with Crippen molar-refractivity contribution in [2.75, 3.05) is 33.3 Å². The third kappa shape index (κ3) is 5.57. The highest BCUT2D eigenvalue weighted by molar-refractivity contribution is 5.98. The number of carbonyl (C=O) groups is 2. The maximum absolute atomic E-state index is 14.8. The number of benzene rings is 1. The molecule has 6 nitrogen and oxygen atoms in total. The Hall–Kier alpha value is -2.54. The van der Waals surface area contributed by atoms with Crippen LogP contribution in [0.1, 0.15) is 61.1 Å².